The van der Waals surface area contributed by atoms with E-state index in [0.717, 1.165) is 38.0 Å². The van der Waals surface area contributed by atoms with Gasteiger partial charge < -0.3 is 4.90 Å². The molecule has 20 heavy (non-hydrogen) atoms. The minimum absolute atomic E-state index is 0.146. The summed E-state index contributed by atoms with van der Waals surface area (Å²) >= 11 is 0. The van der Waals surface area contributed by atoms with Crippen LogP contribution in [-0.4, -0.2) is 31.6 Å². The highest BCUT2D eigenvalue weighted by atomic mass is 15.1. The molecule has 1 aromatic rings. The maximum Gasteiger partial charge on any atom is 0.123 e. The quantitative estimate of drug-likeness (QED) is 0.721. The van der Waals surface area contributed by atoms with Gasteiger partial charge in [0, 0.05) is 18.8 Å². The maximum atomic E-state index is 9.42. The van der Waals surface area contributed by atoms with Crippen molar-refractivity contribution >= 4 is 5.69 Å². The van der Waals surface area contributed by atoms with Crippen LogP contribution in [0.15, 0.2) is 24.3 Å². The average Bonchev–Trinajstić information content (AvgIpc) is 2.48. The second kappa shape index (κ2) is 8.60. The number of benzene rings is 1. The van der Waals surface area contributed by atoms with Gasteiger partial charge in [0.25, 0.3) is 0 Å². The lowest BCUT2D eigenvalue weighted by atomic mass is 10.1. The number of nitrogens with zero attached hydrogens (tertiary/aromatic N) is 3. The average molecular weight is 273 g/mol. The van der Waals surface area contributed by atoms with E-state index in [2.05, 4.69) is 60.9 Å². The van der Waals surface area contributed by atoms with Crippen molar-refractivity contribution in [2.24, 2.45) is 0 Å². The molecule has 0 aromatic heterocycles. The molecule has 3 heteroatoms. The summed E-state index contributed by atoms with van der Waals surface area (Å²) in [6.07, 6.45) is 2.29. The van der Waals surface area contributed by atoms with Gasteiger partial charge >= 0.3 is 0 Å². The second-order valence-corrected chi connectivity index (χ2v) is 5.13. The summed E-state index contributed by atoms with van der Waals surface area (Å²) in [5.74, 6) is 0. The molecule has 0 saturated heterocycles. The van der Waals surface area contributed by atoms with Gasteiger partial charge in [0.15, 0.2) is 0 Å². The Labute approximate surface area is 123 Å². The van der Waals surface area contributed by atoms with Crippen molar-refractivity contribution in [2.75, 3.05) is 31.6 Å². The number of hydrogen-bond acceptors (Lipinski definition) is 3. The van der Waals surface area contributed by atoms with Gasteiger partial charge in [0.05, 0.1) is 6.07 Å². The summed E-state index contributed by atoms with van der Waals surface area (Å²) in [7, 11) is 2.03. The van der Waals surface area contributed by atoms with Gasteiger partial charge in [-0.05, 0) is 51.6 Å². The first kappa shape index (κ1) is 16.5. The summed E-state index contributed by atoms with van der Waals surface area (Å²) in [6.45, 7) is 9.48. The van der Waals surface area contributed by atoms with Crippen LogP contribution in [0.4, 0.5) is 5.69 Å². The molecule has 110 valence electrons. The predicted molar refractivity (Wildman–Crippen MR) is 85.9 cm³/mol. The molecule has 0 spiro atoms. The van der Waals surface area contributed by atoms with Gasteiger partial charge in [-0.25, -0.2) is 0 Å². The van der Waals surface area contributed by atoms with Crippen molar-refractivity contribution in [3.63, 3.8) is 0 Å². The van der Waals surface area contributed by atoms with E-state index < -0.39 is 0 Å². The number of hydrogen-bond donors (Lipinski definition) is 0. The first-order valence-electron chi connectivity index (χ1n) is 7.62. The third-order valence-electron chi connectivity index (χ3n) is 3.76. The van der Waals surface area contributed by atoms with Gasteiger partial charge in [-0.3, -0.25) is 4.90 Å². The molecule has 0 fully saturated rings. The largest absolute Gasteiger partial charge is 0.372 e. The van der Waals surface area contributed by atoms with Gasteiger partial charge in [-0.15, -0.1) is 0 Å². The molecule has 1 atom stereocenters. The number of rotatable bonds is 8. The third kappa shape index (κ3) is 4.25. The monoisotopic (exact) mass is 273 g/mol. The van der Waals surface area contributed by atoms with Gasteiger partial charge in [-0.2, -0.15) is 5.26 Å². The van der Waals surface area contributed by atoms with Crippen molar-refractivity contribution in [1.82, 2.24) is 4.90 Å². The Morgan fingerprint density at radius 1 is 1.10 bits per heavy atom. The lowest BCUT2D eigenvalue weighted by Gasteiger charge is -2.24. The SMILES string of the molecule is CCCCN(C)C(C#N)c1ccc(N(CC)CC)cc1. The number of nitriles is 1. The second-order valence-electron chi connectivity index (χ2n) is 5.13. The highest BCUT2D eigenvalue weighted by Gasteiger charge is 2.16. The smallest absolute Gasteiger partial charge is 0.123 e. The van der Waals surface area contributed by atoms with Crippen molar-refractivity contribution in [3.8, 4) is 6.07 Å². The Kier molecular flexibility index (Phi) is 7.11. The lowest BCUT2D eigenvalue weighted by molar-refractivity contribution is 0.287. The zero-order valence-corrected chi connectivity index (χ0v) is 13.3. The van der Waals surface area contributed by atoms with E-state index in [1.807, 2.05) is 7.05 Å². The fourth-order valence-corrected chi connectivity index (χ4v) is 2.42. The van der Waals surface area contributed by atoms with Crippen molar-refractivity contribution in [3.05, 3.63) is 29.8 Å². The summed E-state index contributed by atoms with van der Waals surface area (Å²) in [5, 5.41) is 9.42. The molecule has 1 unspecified atom stereocenters. The Morgan fingerprint density at radius 2 is 1.70 bits per heavy atom. The van der Waals surface area contributed by atoms with Crippen LogP contribution in [0.2, 0.25) is 0 Å². The van der Waals surface area contributed by atoms with E-state index in [9.17, 15) is 5.26 Å². The summed E-state index contributed by atoms with van der Waals surface area (Å²) in [5.41, 5.74) is 2.31. The molecule has 3 nitrogen and oxygen atoms in total. The lowest BCUT2D eigenvalue weighted by Crippen LogP contribution is -2.25. The fraction of sp³-hybridized carbons (Fsp3) is 0.588. The topological polar surface area (TPSA) is 30.3 Å². The van der Waals surface area contributed by atoms with Gasteiger partial charge in [-0.1, -0.05) is 25.5 Å². The zero-order valence-electron chi connectivity index (χ0n) is 13.3. The molecule has 0 aliphatic carbocycles. The first-order chi connectivity index (χ1) is 9.67. The molecule has 0 N–H and O–H groups in total. The molecule has 0 aliphatic rings. The van der Waals surface area contributed by atoms with E-state index >= 15 is 0 Å². The first-order valence-corrected chi connectivity index (χ1v) is 7.62. The number of unbranched alkanes of at least 4 members (excludes halogenated alkanes) is 1. The molecule has 0 amide bonds. The van der Waals surface area contributed by atoms with Crippen LogP contribution in [0, 0.1) is 11.3 Å². The normalized spacial score (nSPS) is 12.2. The van der Waals surface area contributed by atoms with E-state index in [4.69, 9.17) is 0 Å². The van der Waals surface area contributed by atoms with Crippen LogP contribution in [-0.2, 0) is 0 Å². The third-order valence-corrected chi connectivity index (χ3v) is 3.76. The zero-order chi connectivity index (χ0) is 15.0. The van der Waals surface area contributed by atoms with Gasteiger partial charge in [0.1, 0.15) is 6.04 Å². The van der Waals surface area contributed by atoms with E-state index in [1.54, 1.807) is 0 Å². The highest BCUT2D eigenvalue weighted by molar-refractivity contribution is 5.48. The minimum atomic E-state index is -0.146. The predicted octanol–water partition coefficient (Wildman–Crippen LogP) is 3.83. The molecular weight excluding hydrogens is 246 g/mol. The van der Waals surface area contributed by atoms with Crippen molar-refractivity contribution in [2.45, 2.75) is 39.7 Å². The van der Waals surface area contributed by atoms with E-state index in [-0.39, 0.29) is 6.04 Å². The highest BCUT2D eigenvalue weighted by Crippen LogP contribution is 2.22. The maximum absolute atomic E-state index is 9.42. The summed E-state index contributed by atoms with van der Waals surface area (Å²) in [6, 6.07) is 10.7. The Bertz CT molecular complexity index is 415. The van der Waals surface area contributed by atoms with Crippen LogP contribution >= 0.6 is 0 Å². The fourth-order valence-electron chi connectivity index (χ4n) is 2.42. The van der Waals surface area contributed by atoms with Crippen molar-refractivity contribution < 1.29 is 0 Å². The standard InChI is InChI=1S/C17H27N3/c1-5-8-13-19(4)17(14-18)15-9-11-16(12-10-15)20(6-2)7-3/h9-12,17H,5-8,13H2,1-4H3. The Morgan fingerprint density at radius 3 is 2.15 bits per heavy atom. The summed E-state index contributed by atoms with van der Waals surface area (Å²) < 4.78 is 0. The molecular formula is C17H27N3. The van der Waals surface area contributed by atoms with Crippen LogP contribution < -0.4 is 4.90 Å². The molecule has 1 rings (SSSR count). The van der Waals surface area contributed by atoms with Crippen LogP contribution in [0.5, 0.6) is 0 Å². The molecule has 0 radical (unpaired) electrons. The van der Waals surface area contributed by atoms with Crippen LogP contribution in [0.25, 0.3) is 0 Å². The molecule has 0 saturated carbocycles. The molecule has 1 aromatic carbocycles. The Balaban J connectivity index is 2.82. The van der Waals surface area contributed by atoms with Crippen LogP contribution in [0.3, 0.4) is 0 Å². The van der Waals surface area contributed by atoms with Crippen LogP contribution in [0.1, 0.15) is 45.2 Å². The molecule has 0 aliphatic heterocycles. The van der Waals surface area contributed by atoms with E-state index in [0.29, 0.717) is 0 Å². The number of anilines is 1. The minimum Gasteiger partial charge on any atom is -0.372 e. The summed E-state index contributed by atoms with van der Waals surface area (Å²) in [4.78, 5) is 4.45. The van der Waals surface area contributed by atoms with Crippen molar-refractivity contribution in [1.29, 1.82) is 5.26 Å². The Hall–Kier alpha value is -1.53. The molecule has 0 bridgehead atoms. The van der Waals surface area contributed by atoms with E-state index in [1.165, 1.54) is 5.69 Å². The van der Waals surface area contributed by atoms with Gasteiger partial charge in [0.2, 0.25) is 0 Å². The molecule has 0 heterocycles.